The molecule has 8 nitrogen and oxygen atoms in total. The predicted octanol–water partition coefficient (Wildman–Crippen LogP) is 4.05. The Labute approximate surface area is 203 Å². The van der Waals surface area contributed by atoms with E-state index in [2.05, 4.69) is 10.6 Å². The number of amides is 2. The van der Waals surface area contributed by atoms with Gasteiger partial charge in [-0.05, 0) is 55.8 Å². The van der Waals surface area contributed by atoms with Crippen LogP contribution < -0.4 is 20.1 Å². The Balaban J connectivity index is 1.34. The van der Waals surface area contributed by atoms with Gasteiger partial charge in [0.1, 0.15) is 13.2 Å². The highest BCUT2D eigenvalue weighted by atomic mass is 16.6. The van der Waals surface area contributed by atoms with Crippen molar-refractivity contribution < 1.29 is 28.6 Å². The average molecular weight is 475 g/mol. The Morgan fingerprint density at radius 2 is 1.71 bits per heavy atom. The fraction of sp³-hybridized carbons (Fsp3) is 0.222. The van der Waals surface area contributed by atoms with Crippen LogP contribution in [0.2, 0.25) is 0 Å². The third kappa shape index (κ3) is 5.97. The summed E-state index contributed by atoms with van der Waals surface area (Å²) in [6.45, 7) is 4.22. The zero-order valence-corrected chi connectivity index (χ0v) is 19.5. The van der Waals surface area contributed by atoms with Gasteiger partial charge in [-0.1, -0.05) is 35.9 Å². The number of carbonyl (C=O) groups is 3. The Kier molecular flexibility index (Phi) is 7.30. The van der Waals surface area contributed by atoms with Gasteiger partial charge in [-0.3, -0.25) is 9.59 Å². The molecule has 1 heterocycles. The topological polar surface area (TPSA) is 103 Å². The summed E-state index contributed by atoms with van der Waals surface area (Å²) >= 11 is 0. The maximum Gasteiger partial charge on any atom is 0.340 e. The highest BCUT2D eigenvalue weighted by Crippen LogP contribution is 2.32. The van der Waals surface area contributed by atoms with E-state index in [1.807, 2.05) is 32.0 Å². The lowest BCUT2D eigenvalue weighted by Crippen LogP contribution is -2.31. The molecule has 8 heteroatoms. The summed E-state index contributed by atoms with van der Waals surface area (Å²) in [5.74, 6) is -0.222. The molecule has 2 N–H and O–H groups in total. The summed E-state index contributed by atoms with van der Waals surface area (Å²) < 4.78 is 16.3. The molecule has 1 aliphatic rings. The lowest BCUT2D eigenvalue weighted by Gasteiger charge is -2.21. The van der Waals surface area contributed by atoms with E-state index in [-0.39, 0.29) is 17.5 Å². The normalized spacial score (nSPS) is 12.9. The molecule has 1 aliphatic heterocycles. The fourth-order valence-electron chi connectivity index (χ4n) is 3.66. The maximum absolute atomic E-state index is 12.7. The number of nitrogens with one attached hydrogen (secondary N) is 2. The van der Waals surface area contributed by atoms with Crippen molar-refractivity contribution in [2.75, 3.05) is 25.1 Å². The zero-order chi connectivity index (χ0) is 24.8. The molecule has 1 unspecified atom stereocenters. The maximum atomic E-state index is 12.7. The van der Waals surface area contributed by atoms with Crippen LogP contribution in [0.15, 0.2) is 66.7 Å². The first-order valence-electron chi connectivity index (χ1n) is 11.2. The summed E-state index contributed by atoms with van der Waals surface area (Å²) in [6.07, 6.45) is 0. The zero-order valence-electron chi connectivity index (χ0n) is 19.5. The number of fused-ring (bicyclic) bond motifs is 1. The Hall–Kier alpha value is -4.33. The minimum Gasteiger partial charge on any atom is -0.486 e. The quantitative estimate of drug-likeness (QED) is 0.501. The standard InChI is InChI=1S/C27H26N2O6/c1-17-6-5-7-20(14-17)26(31)29-22-9-4-3-8-21(22)27(32)35-16-25(30)28-18(2)19-10-11-23-24(15-19)34-13-12-33-23/h3-11,14-15,18H,12-13,16H2,1-2H3,(H,28,30)(H,29,31). The van der Waals surface area contributed by atoms with E-state index in [0.29, 0.717) is 36.0 Å². The van der Waals surface area contributed by atoms with Gasteiger partial charge in [0.25, 0.3) is 11.8 Å². The Bertz CT molecular complexity index is 1260. The molecule has 3 aromatic rings. The van der Waals surface area contributed by atoms with Crippen LogP contribution in [0.5, 0.6) is 11.5 Å². The van der Waals surface area contributed by atoms with Crippen LogP contribution in [0.25, 0.3) is 0 Å². The van der Waals surface area contributed by atoms with E-state index >= 15 is 0 Å². The first kappa shape index (κ1) is 23.8. The van der Waals surface area contributed by atoms with Crippen LogP contribution in [-0.2, 0) is 9.53 Å². The van der Waals surface area contributed by atoms with E-state index in [1.165, 1.54) is 6.07 Å². The van der Waals surface area contributed by atoms with Crippen LogP contribution in [-0.4, -0.2) is 37.6 Å². The molecule has 0 aromatic heterocycles. The second-order valence-corrected chi connectivity index (χ2v) is 8.14. The highest BCUT2D eigenvalue weighted by Gasteiger charge is 2.19. The van der Waals surface area contributed by atoms with Gasteiger partial charge < -0.3 is 24.8 Å². The summed E-state index contributed by atoms with van der Waals surface area (Å²) in [7, 11) is 0. The molecular weight excluding hydrogens is 448 g/mol. The molecule has 0 fully saturated rings. The molecule has 1 atom stereocenters. The van der Waals surface area contributed by atoms with Crippen molar-refractivity contribution in [2.45, 2.75) is 19.9 Å². The van der Waals surface area contributed by atoms with Gasteiger partial charge in [0.2, 0.25) is 0 Å². The molecule has 180 valence electrons. The van der Waals surface area contributed by atoms with Crippen molar-refractivity contribution in [3.05, 3.63) is 89.0 Å². The van der Waals surface area contributed by atoms with Gasteiger partial charge >= 0.3 is 5.97 Å². The fourth-order valence-corrected chi connectivity index (χ4v) is 3.66. The number of hydrogen-bond donors (Lipinski definition) is 2. The number of rotatable bonds is 7. The van der Waals surface area contributed by atoms with E-state index < -0.39 is 18.5 Å². The lowest BCUT2D eigenvalue weighted by molar-refractivity contribution is -0.124. The van der Waals surface area contributed by atoms with Crippen LogP contribution in [0.4, 0.5) is 5.69 Å². The molecule has 0 saturated carbocycles. The molecule has 0 saturated heterocycles. The van der Waals surface area contributed by atoms with Gasteiger partial charge in [0, 0.05) is 5.56 Å². The molecule has 0 bridgehead atoms. The number of anilines is 1. The number of aryl methyl sites for hydroxylation is 1. The summed E-state index contributed by atoms with van der Waals surface area (Å²) in [5, 5.41) is 5.54. The number of esters is 1. The molecule has 0 spiro atoms. The summed E-state index contributed by atoms with van der Waals surface area (Å²) in [6, 6.07) is 18.7. The number of para-hydroxylation sites is 1. The van der Waals surface area contributed by atoms with Gasteiger partial charge in [-0.15, -0.1) is 0 Å². The smallest absolute Gasteiger partial charge is 0.340 e. The molecule has 0 aliphatic carbocycles. The van der Waals surface area contributed by atoms with Gasteiger partial charge in [0.05, 0.1) is 17.3 Å². The highest BCUT2D eigenvalue weighted by molar-refractivity contribution is 6.08. The largest absolute Gasteiger partial charge is 0.486 e. The van der Waals surface area contributed by atoms with E-state index in [1.54, 1.807) is 42.5 Å². The van der Waals surface area contributed by atoms with Crippen molar-refractivity contribution in [1.82, 2.24) is 5.32 Å². The molecular formula is C27H26N2O6. The molecule has 4 rings (SSSR count). The van der Waals surface area contributed by atoms with Crippen LogP contribution in [0.1, 0.15) is 44.8 Å². The number of benzene rings is 3. The Morgan fingerprint density at radius 3 is 2.51 bits per heavy atom. The average Bonchev–Trinajstić information content (AvgIpc) is 2.87. The first-order valence-corrected chi connectivity index (χ1v) is 11.2. The summed E-state index contributed by atoms with van der Waals surface area (Å²) in [4.78, 5) is 37.7. The predicted molar refractivity (Wildman–Crippen MR) is 130 cm³/mol. The second kappa shape index (κ2) is 10.7. The van der Waals surface area contributed by atoms with Crippen molar-refractivity contribution in [3.8, 4) is 11.5 Å². The van der Waals surface area contributed by atoms with Crippen molar-refractivity contribution >= 4 is 23.5 Å². The van der Waals surface area contributed by atoms with Gasteiger partial charge in [-0.2, -0.15) is 0 Å². The third-order valence-electron chi connectivity index (χ3n) is 5.45. The second-order valence-electron chi connectivity index (χ2n) is 8.14. The molecule has 3 aromatic carbocycles. The Morgan fingerprint density at radius 1 is 0.943 bits per heavy atom. The van der Waals surface area contributed by atoms with Crippen molar-refractivity contribution in [3.63, 3.8) is 0 Å². The van der Waals surface area contributed by atoms with Crippen molar-refractivity contribution in [2.24, 2.45) is 0 Å². The van der Waals surface area contributed by atoms with Crippen LogP contribution in [0, 0.1) is 6.92 Å². The van der Waals surface area contributed by atoms with E-state index in [0.717, 1.165) is 11.1 Å². The van der Waals surface area contributed by atoms with Crippen LogP contribution >= 0.6 is 0 Å². The molecule has 2 amide bonds. The van der Waals surface area contributed by atoms with Gasteiger partial charge in [-0.25, -0.2) is 4.79 Å². The number of carbonyl (C=O) groups excluding carboxylic acids is 3. The van der Waals surface area contributed by atoms with E-state index in [4.69, 9.17) is 14.2 Å². The lowest BCUT2D eigenvalue weighted by atomic mass is 10.1. The van der Waals surface area contributed by atoms with Crippen molar-refractivity contribution in [1.29, 1.82) is 0 Å². The van der Waals surface area contributed by atoms with E-state index in [9.17, 15) is 14.4 Å². The number of hydrogen-bond acceptors (Lipinski definition) is 6. The molecule has 35 heavy (non-hydrogen) atoms. The first-order chi connectivity index (χ1) is 16.9. The molecule has 0 radical (unpaired) electrons. The minimum absolute atomic E-state index is 0.154. The van der Waals surface area contributed by atoms with Gasteiger partial charge in [0.15, 0.2) is 18.1 Å². The summed E-state index contributed by atoms with van der Waals surface area (Å²) in [5.41, 5.74) is 2.70. The third-order valence-corrected chi connectivity index (χ3v) is 5.45. The minimum atomic E-state index is -0.715. The SMILES string of the molecule is Cc1cccc(C(=O)Nc2ccccc2C(=O)OCC(=O)NC(C)c2ccc3c(c2)OCCO3)c1. The van der Waals surface area contributed by atoms with Crippen LogP contribution in [0.3, 0.4) is 0 Å². The number of ether oxygens (including phenoxy) is 3. The monoisotopic (exact) mass is 474 g/mol.